The molecule has 1 aromatic carbocycles. The number of benzene rings is 1. The fourth-order valence-electron chi connectivity index (χ4n) is 3.45. The first-order chi connectivity index (χ1) is 15.1. The number of thiazole rings is 1. The number of hydrogen-bond donors (Lipinski definition) is 2. The summed E-state index contributed by atoms with van der Waals surface area (Å²) >= 11 is 1.65. The van der Waals surface area contributed by atoms with E-state index in [-0.39, 0.29) is 29.9 Å². The summed E-state index contributed by atoms with van der Waals surface area (Å²) in [7, 11) is 0. The molecule has 1 aromatic heterocycles. The molecule has 1 amide bonds. The molecule has 0 spiro atoms. The molecule has 1 aliphatic rings. The Hall–Kier alpha value is -1.88. The number of piperazine rings is 1. The third-order valence-electron chi connectivity index (χ3n) is 5.26. The average Bonchev–Trinajstić information content (AvgIpc) is 3.27. The zero-order valence-electron chi connectivity index (χ0n) is 19.2. The highest BCUT2D eigenvalue weighted by Gasteiger charge is 2.20. The number of halogens is 1. The second kappa shape index (κ2) is 13.6. The van der Waals surface area contributed by atoms with Crippen molar-refractivity contribution in [3.8, 4) is 0 Å². The minimum Gasteiger partial charge on any atom is -0.368 e. The third-order valence-corrected chi connectivity index (χ3v) is 6.11. The van der Waals surface area contributed by atoms with Crippen LogP contribution in [0.4, 0.5) is 5.69 Å². The lowest BCUT2D eigenvalue weighted by Crippen LogP contribution is -2.49. The van der Waals surface area contributed by atoms with E-state index in [1.807, 2.05) is 17.9 Å². The van der Waals surface area contributed by atoms with E-state index >= 15 is 0 Å². The summed E-state index contributed by atoms with van der Waals surface area (Å²) < 4.78 is 0. The molecule has 1 aliphatic heterocycles. The van der Waals surface area contributed by atoms with Gasteiger partial charge >= 0.3 is 0 Å². The molecule has 0 bridgehead atoms. The van der Waals surface area contributed by atoms with Gasteiger partial charge in [0, 0.05) is 56.8 Å². The van der Waals surface area contributed by atoms with Gasteiger partial charge in [0.1, 0.15) is 5.01 Å². The number of anilines is 1. The normalized spacial score (nSPS) is 14.3. The Morgan fingerprint density at radius 2 is 1.88 bits per heavy atom. The minimum absolute atomic E-state index is 0. The van der Waals surface area contributed by atoms with Crippen molar-refractivity contribution in [3.63, 3.8) is 0 Å². The van der Waals surface area contributed by atoms with E-state index in [1.54, 1.807) is 11.3 Å². The van der Waals surface area contributed by atoms with Gasteiger partial charge in [-0.3, -0.25) is 4.79 Å². The molecule has 32 heavy (non-hydrogen) atoms. The summed E-state index contributed by atoms with van der Waals surface area (Å²) in [5, 5.41) is 9.64. The summed E-state index contributed by atoms with van der Waals surface area (Å²) in [6.07, 6.45) is 0.463. The van der Waals surface area contributed by atoms with Crippen LogP contribution in [0.25, 0.3) is 0 Å². The van der Waals surface area contributed by atoms with Crippen molar-refractivity contribution in [3.05, 3.63) is 46.4 Å². The first-order valence-corrected chi connectivity index (χ1v) is 12.0. The molecule has 0 aliphatic carbocycles. The van der Waals surface area contributed by atoms with E-state index in [0.717, 1.165) is 49.4 Å². The average molecular weight is 571 g/mol. The van der Waals surface area contributed by atoms with Crippen LogP contribution < -0.4 is 15.5 Å². The standard InChI is InChI=1S/C23H34N6OS.HI/c1-4-24-23(26-16-21-27-20(17-31-21)18(2)3)25-11-10-22(30)29-14-12-28(13-15-29)19-8-6-5-7-9-19;/h5-9,17-18H,4,10-16H2,1-3H3,(H2,24,25,26);1H. The van der Waals surface area contributed by atoms with Gasteiger partial charge in [0.25, 0.3) is 0 Å². The SMILES string of the molecule is CCNC(=NCc1nc(C(C)C)cs1)NCCC(=O)N1CCN(c2ccccc2)CC1.I. The molecule has 0 radical (unpaired) electrons. The Morgan fingerprint density at radius 1 is 1.16 bits per heavy atom. The van der Waals surface area contributed by atoms with Crippen molar-refractivity contribution in [2.24, 2.45) is 4.99 Å². The van der Waals surface area contributed by atoms with Gasteiger partial charge in [0.2, 0.25) is 5.91 Å². The molecule has 2 heterocycles. The lowest BCUT2D eigenvalue weighted by molar-refractivity contribution is -0.131. The van der Waals surface area contributed by atoms with Crippen LogP contribution in [0.2, 0.25) is 0 Å². The lowest BCUT2D eigenvalue weighted by Gasteiger charge is -2.36. The molecule has 0 unspecified atom stereocenters. The van der Waals surface area contributed by atoms with E-state index in [4.69, 9.17) is 0 Å². The second-order valence-corrected chi connectivity index (χ2v) is 8.84. The van der Waals surface area contributed by atoms with E-state index in [2.05, 4.69) is 69.0 Å². The van der Waals surface area contributed by atoms with E-state index in [0.29, 0.717) is 25.4 Å². The topological polar surface area (TPSA) is 72.9 Å². The maximum atomic E-state index is 12.6. The molecule has 9 heteroatoms. The number of carbonyl (C=O) groups is 1. The maximum Gasteiger partial charge on any atom is 0.224 e. The van der Waals surface area contributed by atoms with Gasteiger partial charge in [-0.1, -0.05) is 32.0 Å². The van der Waals surface area contributed by atoms with Gasteiger partial charge in [-0.2, -0.15) is 0 Å². The number of aromatic nitrogens is 1. The molecular formula is C23H35IN6OS. The maximum absolute atomic E-state index is 12.6. The number of carbonyl (C=O) groups excluding carboxylic acids is 1. The van der Waals surface area contributed by atoms with Gasteiger partial charge in [-0.25, -0.2) is 9.98 Å². The third kappa shape index (κ3) is 7.91. The Labute approximate surface area is 212 Å². The summed E-state index contributed by atoms with van der Waals surface area (Å²) in [6, 6.07) is 10.4. The smallest absolute Gasteiger partial charge is 0.224 e. The highest BCUT2D eigenvalue weighted by molar-refractivity contribution is 14.0. The number of guanidine groups is 1. The van der Waals surface area contributed by atoms with Crippen LogP contribution in [0.1, 0.15) is 43.8 Å². The number of para-hydroxylation sites is 1. The Bertz CT molecular complexity index is 849. The Morgan fingerprint density at radius 3 is 2.50 bits per heavy atom. The predicted molar refractivity (Wildman–Crippen MR) is 144 cm³/mol. The fraction of sp³-hybridized carbons (Fsp3) is 0.522. The van der Waals surface area contributed by atoms with Crippen molar-refractivity contribution < 1.29 is 4.79 Å². The number of rotatable bonds is 8. The predicted octanol–water partition coefficient (Wildman–Crippen LogP) is 3.68. The van der Waals surface area contributed by atoms with Gasteiger partial charge < -0.3 is 20.4 Å². The number of nitrogens with zero attached hydrogens (tertiary/aromatic N) is 4. The molecule has 1 saturated heterocycles. The minimum atomic E-state index is 0. The van der Waals surface area contributed by atoms with E-state index < -0.39 is 0 Å². The number of amides is 1. The van der Waals surface area contributed by atoms with Crippen molar-refractivity contribution in [1.82, 2.24) is 20.5 Å². The summed E-state index contributed by atoms with van der Waals surface area (Å²) in [6.45, 7) is 11.5. The van der Waals surface area contributed by atoms with Crippen LogP contribution in [0.3, 0.4) is 0 Å². The molecule has 2 aromatic rings. The molecule has 7 nitrogen and oxygen atoms in total. The monoisotopic (exact) mass is 570 g/mol. The lowest BCUT2D eigenvalue weighted by atomic mass is 10.2. The molecule has 2 N–H and O–H groups in total. The highest BCUT2D eigenvalue weighted by atomic mass is 127. The van der Waals surface area contributed by atoms with Crippen LogP contribution in [-0.2, 0) is 11.3 Å². The quantitative estimate of drug-likeness (QED) is 0.288. The molecule has 0 saturated carbocycles. The van der Waals surface area contributed by atoms with Crippen LogP contribution >= 0.6 is 35.3 Å². The van der Waals surface area contributed by atoms with Crippen molar-refractivity contribution in [2.45, 2.75) is 39.7 Å². The van der Waals surface area contributed by atoms with Crippen molar-refractivity contribution >= 4 is 52.9 Å². The molecule has 3 rings (SSSR count). The van der Waals surface area contributed by atoms with Crippen molar-refractivity contribution in [2.75, 3.05) is 44.2 Å². The second-order valence-electron chi connectivity index (χ2n) is 7.90. The molecular weight excluding hydrogens is 535 g/mol. The number of nitrogens with one attached hydrogen (secondary N) is 2. The first kappa shape index (κ1) is 26.4. The van der Waals surface area contributed by atoms with E-state index in [1.165, 1.54) is 5.69 Å². The Balaban J connectivity index is 0.00000363. The van der Waals surface area contributed by atoms with Crippen LogP contribution in [0, 0.1) is 0 Å². The largest absolute Gasteiger partial charge is 0.368 e. The summed E-state index contributed by atoms with van der Waals surface area (Å²) in [5.41, 5.74) is 2.34. The fourth-order valence-corrected chi connectivity index (χ4v) is 4.33. The highest BCUT2D eigenvalue weighted by Crippen LogP contribution is 2.18. The zero-order valence-corrected chi connectivity index (χ0v) is 22.4. The zero-order chi connectivity index (χ0) is 22.1. The molecule has 176 valence electrons. The van der Waals surface area contributed by atoms with Gasteiger partial charge in [0.15, 0.2) is 5.96 Å². The van der Waals surface area contributed by atoms with Crippen molar-refractivity contribution in [1.29, 1.82) is 0 Å². The van der Waals surface area contributed by atoms with Crippen LogP contribution in [-0.4, -0.2) is 61.0 Å². The van der Waals surface area contributed by atoms with Crippen LogP contribution in [0.5, 0.6) is 0 Å². The molecule has 1 fully saturated rings. The van der Waals surface area contributed by atoms with E-state index in [9.17, 15) is 4.79 Å². The number of hydrogen-bond acceptors (Lipinski definition) is 5. The van der Waals surface area contributed by atoms with Gasteiger partial charge in [0.05, 0.1) is 12.2 Å². The van der Waals surface area contributed by atoms with Gasteiger partial charge in [-0.05, 0) is 25.0 Å². The van der Waals surface area contributed by atoms with Crippen LogP contribution in [0.15, 0.2) is 40.7 Å². The first-order valence-electron chi connectivity index (χ1n) is 11.1. The molecule has 0 atom stereocenters. The van der Waals surface area contributed by atoms with Gasteiger partial charge in [-0.15, -0.1) is 35.3 Å². The summed E-state index contributed by atoms with van der Waals surface area (Å²) in [4.78, 5) is 26.2. The summed E-state index contributed by atoms with van der Waals surface area (Å²) in [5.74, 6) is 1.35. The number of aliphatic imine (C=N–C) groups is 1. The Kier molecular flexibility index (Phi) is 11.2.